The van der Waals surface area contributed by atoms with Gasteiger partial charge >= 0.3 is 0 Å². The molecule has 0 unspecified atom stereocenters. The number of carbonyl (C=O) groups is 1. The summed E-state index contributed by atoms with van der Waals surface area (Å²) >= 11 is 0. The average molecular weight is 361 g/mol. The van der Waals surface area contributed by atoms with Gasteiger partial charge in [0.2, 0.25) is 15.9 Å². The minimum atomic E-state index is -3.30. The average Bonchev–Trinajstić information content (AvgIpc) is 2.54. The van der Waals surface area contributed by atoms with Crippen LogP contribution in [0.25, 0.3) is 0 Å². The quantitative estimate of drug-likeness (QED) is 0.665. The van der Waals surface area contributed by atoms with Crippen LogP contribution in [0.1, 0.15) is 26.7 Å². The number of hydrogen-bond acceptors (Lipinski definition) is 4. The van der Waals surface area contributed by atoms with Crippen molar-refractivity contribution in [2.75, 3.05) is 21.1 Å². The second-order valence-electron chi connectivity index (χ2n) is 5.74. The first-order chi connectivity index (χ1) is 11.9. The molecule has 0 heterocycles. The third kappa shape index (κ3) is 6.46. The van der Waals surface area contributed by atoms with E-state index in [0.29, 0.717) is 17.8 Å². The third-order valence-electron chi connectivity index (χ3n) is 3.40. The Bertz CT molecular complexity index is 818. The van der Waals surface area contributed by atoms with Gasteiger partial charge in [-0.2, -0.15) is 0 Å². The van der Waals surface area contributed by atoms with Crippen molar-refractivity contribution < 1.29 is 13.2 Å². The molecule has 2 aromatic carbocycles. The largest absolute Gasteiger partial charge is 0.355 e. The van der Waals surface area contributed by atoms with E-state index in [-0.39, 0.29) is 11.7 Å². The molecular formula is C18H23N3O3S. The Balaban J connectivity index is 2.02. The van der Waals surface area contributed by atoms with Crippen LogP contribution in [0, 0.1) is 0 Å². The van der Waals surface area contributed by atoms with Crippen LogP contribution < -0.4 is 15.4 Å². The Labute approximate surface area is 148 Å². The van der Waals surface area contributed by atoms with E-state index in [9.17, 15) is 13.2 Å². The number of hydrogen-bond donors (Lipinski definition) is 3. The van der Waals surface area contributed by atoms with E-state index >= 15 is 0 Å². The Morgan fingerprint density at radius 3 is 2.24 bits per heavy atom. The van der Waals surface area contributed by atoms with Gasteiger partial charge in [0.25, 0.3) is 0 Å². The van der Waals surface area contributed by atoms with E-state index < -0.39 is 10.0 Å². The fraction of sp³-hybridized carbons (Fsp3) is 0.278. The maximum Gasteiger partial charge on any atom is 0.232 e. The second-order valence-corrected chi connectivity index (χ2v) is 7.58. The first-order valence-electron chi connectivity index (χ1n) is 8.13. The zero-order chi connectivity index (χ0) is 18.3. The maximum atomic E-state index is 11.9. The van der Waals surface area contributed by atoms with Crippen LogP contribution in [0.15, 0.2) is 48.5 Å². The topological polar surface area (TPSA) is 87.3 Å². The Morgan fingerprint density at radius 1 is 0.960 bits per heavy atom. The summed E-state index contributed by atoms with van der Waals surface area (Å²) in [6, 6.07) is 14.4. The van der Waals surface area contributed by atoms with Crippen LogP contribution in [0.4, 0.5) is 22.7 Å². The second kappa shape index (κ2) is 8.53. The minimum Gasteiger partial charge on any atom is -0.355 e. The number of nitrogens with one attached hydrogen (secondary N) is 3. The van der Waals surface area contributed by atoms with Crippen LogP contribution in [0.3, 0.4) is 0 Å². The summed E-state index contributed by atoms with van der Waals surface area (Å²) in [6.07, 6.45) is 1.47. The molecule has 0 fully saturated rings. The number of rotatable bonds is 8. The molecule has 6 nitrogen and oxygen atoms in total. The number of sulfonamides is 1. The normalized spacial score (nSPS) is 11.0. The zero-order valence-corrected chi connectivity index (χ0v) is 15.2. The number of carbonyl (C=O) groups excluding carboxylic acids is 1. The van der Waals surface area contributed by atoms with E-state index in [1.807, 2.05) is 25.1 Å². The lowest BCUT2D eigenvalue weighted by molar-refractivity contribution is -0.114. The maximum absolute atomic E-state index is 11.9. The number of unbranched alkanes of at least 4 members (excludes halogenated alkanes) is 1. The van der Waals surface area contributed by atoms with Crippen molar-refractivity contribution in [1.29, 1.82) is 0 Å². The number of anilines is 4. The van der Waals surface area contributed by atoms with Gasteiger partial charge in [-0.15, -0.1) is 0 Å². The summed E-state index contributed by atoms with van der Waals surface area (Å²) in [6.45, 7) is 3.41. The lowest BCUT2D eigenvalue weighted by Gasteiger charge is -2.11. The van der Waals surface area contributed by atoms with E-state index in [2.05, 4.69) is 15.4 Å². The number of benzene rings is 2. The molecule has 0 aliphatic carbocycles. The first kappa shape index (κ1) is 18.8. The van der Waals surface area contributed by atoms with Gasteiger partial charge in [0.1, 0.15) is 0 Å². The standard InChI is InChI=1S/C18H23N3O3S/c1-3-4-12-25(23,24)21-16-10-8-15(9-11-16)20-18-7-5-6-17(13-18)19-14(2)22/h5-11,13,20-21H,3-4,12H2,1-2H3,(H,19,22). The first-order valence-corrected chi connectivity index (χ1v) is 9.78. The fourth-order valence-corrected chi connectivity index (χ4v) is 3.50. The Morgan fingerprint density at radius 2 is 1.60 bits per heavy atom. The molecule has 0 aromatic heterocycles. The Hall–Kier alpha value is -2.54. The van der Waals surface area contributed by atoms with Crippen molar-refractivity contribution in [1.82, 2.24) is 0 Å². The zero-order valence-electron chi connectivity index (χ0n) is 14.4. The van der Waals surface area contributed by atoms with Crippen molar-refractivity contribution >= 4 is 38.7 Å². The highest BCUT2D eigenvalue weighted by atomic mass is 32.2. The summed E-state index contributed by atoms with van der Waals surface area (Å²) < 4.78 is 26.4. The van der Waals surface area contributed by atoms with Crippen LogP contribution in [-0.2, 0) is 14.8 Å². The van der Waals surface area contributed by atoms with Crippen LogP contribution >= 0.6 is 0 Å². The molecule has 7 heteroatoms. The van der Waals surface area contributed by atoms with Gasteiger partial charge in [0.15, 0.2) is 0 Å². The van der Waals surface area contributed by atoms with Crippen molar-refractivity contribution in [3.63, 3.8) is 0 Å². The highest BCUT2D eigenvalue weighted by Crippen LogP contribution is 2.22. The van der Waals surface area contributed by atoms with Gasteiger partial charge < -0.3 is 10.6 Å². The van der Waals surface area contributed by atoms with Crippen LogP contribution in [0.2, 0.25) is 0 Å². The van der Waals surface area contributed by atoms with Crippen LogP contribution in [-0.4, -0.2) is 20.1 Å². The molecule has 2 rings (SSSR count). The lowest BCUT2D eigenvalue weighted by Crippen LogP contribution is -2.16. The fourth-order valence-electron chi connectivity index (χ4n) is 2.23. The van der Waals surface area contributed by atoms with E-state index in [1.165, 1.54) is 6.92 Å². The molecule has 0 atom stereocenters. The molecule has 0 aliphatic heterocycles. The molecule has 3 N–H and O–H groups in total. The molecule has 0 saturated carbocycles. The monoisotopic (exact) mass is 361 g/mol. The summed E-state index contributed by atoms with van der Waals surface area (Å²) in [5.74, 6) is -0.00346. The molecule has 0 bridgehead atoms. The number of amides is 1. The van der Waals surface area contributed by atoms with E-state index in [0.717, 1.165) is 17.8 Å². The molecule has 0 saturated heterocycles. The molecule has 0 aliphatic rings. The lowest BCUT2D eigenvalue weighted by atomic mass is 10.2. The molecule has 2 aromatic rings. The predicted molar refractivity (Wildman–Crippen MR) is 103 cm³/mol. The van der Waals surface area contributed by atoms with Crippen molar-refractivity contribution in [3.8, 4) is 0 Å². The third-order valence-corrected chi connectivity index (χ3v) is 4.77. The van der Waals surface area contributed by atoms with E-state index in [4.69, 9.17) is 0 Å². The summed E-state index contributed by atoms with van der Waals surface area (Å²) in [5, 5.41) is 5.94. The predicted octanol–water partition coefficient (Wildman–Crippen LogP) is 3.93. The smallest absolute Gasteiger partial charge is 0.232 e. The minimum absolute atomic E-state index is 0.124. The van der Waals surface area contributed by atoms with Gasteiger partial charge in [0, 0.05) is 29.7 Å². The molecule has 25 heavy (non-hydrogen) atoms. The van der Waals surface area contributed by atoms with Gasteiger partial charge in [-0.1, -0.05) is 19.4 Å². The molecule has 1 amide bonds. The van der Waals surface area contributed by atoms with Crippen LogP contribution in [0.5, 0.6) is 0 Å². The molecule has 0 spiro atoms. The van der Waals surface area contributed by atoms with Gasteiger partial charge in [-0.25, -0.2) is 8.42 Å². The highest BCUT2D eigenvalue weighted by molar-refractivity contribution is 7.92. The molecule has 134 valence electrons. The van der Waals surface area contributed by atoms with Gasteiger partial charge in [-0.3, -0.25) is 9.52 Å². The summed E-state index contributed by atoms with van der Waals surface area (Å²) in [5.41, 5.74) is 2.88. The summed E-state index contributed by atoms with van der Waals surface area (Å²) in [4.78, 5) is 11.1. The van der Waals surface area contributed by atoms with Crippen molar-refractivity contribution in [2.45, 2.75) is 26.7 Å². The van der Waals surface area contributed by atoms with Gasteiger partial charge in [0.05, 0.1) is 5.75 Å². The summed E-state index contributed by atoms with van der Waals surface area (Å²) in [7, 11) is -3.30. The van der Waals surface area contributed by atoms with Crippen molar-refractivity contribution in [3.05, 3.63) is 48.5 Å². The SMILES string of the molecule is CCCCS(=O)(=O)Nc1ccc(Nc2cccc(NC(C)=O)c2)cc1. The Kier molecular flexibility index (Phi) is 6.41. The highest BCUT2D eigenvalue weighted by Gasteiger charge is 2.09. The molecular weight excluding hydrogens is 338 g/mol. The van der Waals surface area contributed by atoms with Crippen molar-refractivity contribution in [2.24, 2.45) is 0 Å². The van der Waals surface area contributed by atoms with E-state index in [1.54, 1.807) is 30.3 Å². The van der Waals surface area contributed by atoms with Gasteiger partial charge in [-0.05, 0) is 48.9 Å². The molecule has 0 radical (unpaired) electrons.